The molecule has 0 amide bonds. The molecule has 0 aromatic heterocycles. The SMILES string of the molecule is CC#N.CC#N.CC#N.CN1CCN(C)CCN(C)CC1.[Fe+5].c1ccc([B-](c2ccccc2)(c2ccccc2)c2ccccc2)cc1.c1ccc([B-](c2ccccc2)(c2ccccc2)c2ccccc2)cc1. The molecule has 6 nitrogen and oxygen atoms in total. The molecule has 0 saturated carbocycles. The fourth-order valence-corrected chi connectivity index (χ4v) is 9.60. The summed E-state index contributed by atoms with van der Waals surface area (Å²) in [6, 6.07) is 92.3. The number of likely N-dealkylation sites (N-methyl/N-ethyl adjacent to an activating group) is 3. The van der Waals surface area contributed by atoms with Crippen LogP contribution >= 0.6 is 0 Å². The summed E-state index contributed by atoms with van der Waals surface area (Å²) >= 11 is 0. The van der Waals surface area contributed by atoms with Crippen LogP contribution in [0.1, 0.15) is 20.8 Å². The van der Waals surface area contributed by atoms with Gasteiger partial charge >= 0.3 is 17.1 Å². The van der Waals surface area contributed by atoms with Gasteiger partial charge in [0.05, 0.1) is 18.2 Å². The molecule has 0 spiro atoms. The van der Waals surface area contributed by atoms with E-state index in [1.54, 1.807) is 18.2 Å². The first-order valence-electron chi connectivity index (χ1n) is 24.5. The molecule has 0 unspecified atom stereocenters. The Hall–Kier alpha value is -7.24. The monoisotopic (exact) mass is 989 g/mol. The Balaban J connectivity index is 0.000000274. The quantitative estimate of drug-likeness (QED) is 0.147. The van der Waals surface area contributed by atoms with Crippen molar-refractivity contribution < 1.29 is 17.1 Å². The van der Waals surface area contributed by atoms with Gasteiger partial charge in [-0.2, -0.15) is 59.5 Å². The van der Waals surface area contributed by atoms with E-state index in [-0.39, 0.29) is 17.1 Å². The maximum absolute atomic E-state index is 7.32. The second kappa shape index (κ2) is 33.4. The third kappa shape index (κ3) is 16.7. The van der Waals surface area contributed by atoms with Crippen molar-refractivity contribution >= 4 is 56.0 Å². The molecule has 0 bridgehead atoms. The van der Waals surface area contributed by atoms with E-state index in [0.717, 1.165) is 0 Å². The molecular formula is C63H70B2FeN6+3. The van der Waals surface area contributed by atoms with Crippen LogP contribution in [0.25, 0.3) is 0 Å². The van der Waals surface area contributed by atoms with Crippen LogP contribution in [-0.4, -0.2) is 87.4 Å². The summed E-state index contributed by atoms with van der Waals surface area (Å²) in [5.41, 5.74) is 10.7. The Morgan fingerprint density at radius 1 is 0.264 bits per heavy atom. The summed E-state index contributed by atoms with van der Waals surface area (Å²) in [5.74, 6) is 0. The van der Waals surface area contributed by atoms with Gasteiger partial charge in [0.25, 0.3) is 0 Å². The van der Waals surface area contributed by atoms with E-state index < -0.39 is 12.3 Å². The van der Waals surface area contributed by atoms with Gasteiger partial charge in [-0.25, -0.2) is 0 Å². The van der Waals surface area contributed by atoms with Gasteiger partial charge in [-0.15, -0.1) is 0 Å². The van der Waals surface area contributed by atoms with Gasteiger partial charge in [-0.3, -0.25) is 0 Å². The average Bonchev–Trinajstić information content (AvgIpc) is 3.50. The molecular weight excluding hydrogens is 918 g/mol. The Kier molecular flexibility index (Phi) is 27.4. The largest absolute Gasteiger partial charge is 5.00 e. The molecule has 1 aliphatic heterocycles. The first-order chi connectivity index (χ1) is 34.8. The minimum atomic E-state index is -1.22. The Labute approximate surface area is 443 Å². The van der Waals surface area contributed by atoms with Gasteiger partial charge in [0, 0.05) is 60.0 Å². The van der Waals surface area contributed by atoms with E-state index in [1.807, 2.05) is 0 Å². The number of nitrogens with zero attached hydrogens (tertiary/aromatic N) is 6. The van der Waals surface area contributed by atoms with Crippen LogP contribution in [0.5, 0.6) is 0 Å². The van der Waals surface area contributed by atoms with E-state index in [2.05, 4.69) is 278 Å². The predicted octanol–water partition coefficient (Wildman–Crippen LogP) is 7.51. The zero-order chi connectivity index (χ0) is 51.0. The van der Waals surface area contributed by atoms with Gasteiger partial charge in [0.15, 0.2) is 0 Å². The molecule has 363 valence electrons. The molecule has 1 radical (unpaired) electrons. The van der Waals surface area contributed by atoms with Crippen LogP contribution in [0.4, 0.5) is 0 Å². The van der Waals surface area contributed by atoms with Crippen molar-refractivity contribution in [3.05, 3.63) is 243 Å². The van der Waals surface area contributed by atoms with E-state index in [0.29, 0.717) is 0 Å². The molecule has 1 saturated heterocycles. The van der Waals surface area contributed by atoms with E-state index in [1.165, 1.54) is 104 Å². The Morgan fingerprint density at radius 2 is 0.361 bits per heavy atom. The zero-order valence-electron chi connectivity index (χ0n) is 43.0. The summed E-state index contributed by atoms with van der Waals surface area (Å²) in [5, 5.41) is 22.0. The Morgan fingerprint density at radius 3 is 0.458 bits per heavy atom. The molecule has 72 heavy (non-hydrogen) atoms. The topological polar surface area (TPSA) is 81.1 Å². The van der Waals surface area contributed by atoms with Gasteiger partial charge in [-0.1, -0.05) is 243 Å². The van der Waals surface area contributed by atoms with E-state index in [9.17, 15) is 0 Å². The molecule has 8 aromatic rings. The van der Waals surface area contributed by atoms with Crippen LogP contribution in [-0.2, 0) is 17.1 Å². The minimum Gasteiger partial charge on any atom is -0.304 e. The molecule has 9 rings (SSSR count). The first kappa shape index (κ1) is 59.1. The van der Waals surface area contributed by atoms with Gasteiger partial charge in [0.2, 0.25) is 0 Å². The third-order valence-corrected chi connectivity index (χ3v) is 13.0. The fourth-order valence-electron chi connectivity index (χ4n) is 9.60. The average molecular weight is 989 g/mol. The molecule has 8 aromatic carbocycles. The van der Waals surface area contributed by atoms with Crippen LogP contribution in [0, 0.1) is 34.0 Å². The third-order valence-electron chi connectivity index (χ3n) is 13.0. The minimum absolute atomic E-state index is 0. The first-order valence-corrected chi connectivity index (χ1v) is 24.5. The second-order valence-electron chi connectivity index (χ2n) is 17.6. The van der Waals surface area contributed by atoms with E-state index >= 15 is 0 Å². The number of hydrogen-bond donors (Lipinski definition) is 0. The summed E-state index contributed by atoms with van der Waals surface area (Å²) < 4.78 is 0. The maximum atomic E-state index is 7.32. The van der Waals surface area contributed by atoms with Crippen molar-refractivity contribution in [2.45, 2.75) is 20.8 Å². The summed E-state index contributed by atoms with van der Waals surface area (Å²) in [6.45, 7) is 11.5. The second-order valence-corrected chi connectivity index (χ2v) is 17.6. The van der Waals surface area contributed by atoms with Crippen molar-refractivity contribution in [2.75, 3.05) is 60.4 Å². The van der Waals surface area contributed by atoms with Crippen LogP contribution in [0.2, 0.25) is 0 Å². The van der Waals surface area contributed by atoms with Crippen molar-refractivity contribution in [3.63, 3.8) is 0 Å². The van der Waals surface area contributed by atoms with Crippen LogP contribution in [0.15, 0.2) is 243 Å². The molecule has 1 fully saturated rings. The summed E-state index contributed by atoms with van der Waals surface area (Å²) in [4.78, 5) is 7.20. The molecule has 1 heterocycles. The maximum Gasteiger partial charge on any atom is 5.00 e. The summed E-state index contributed by atoms with van der Waals surface area (Å²) in [7, 11) is 6.60. The van der Waals surface area contributed by atoms with Crippen molar-refractivity contribution in [2.24, 2.45) is 0 Å². The normalized spacial score (nSPS) is 12.5. The standard InChI is InChI=1S/2C24H20B.C9H21N3.3C2H3N.Fe/c2*1-5-13-21(14-6-1)25(22-15-7-2-8-16-22,23-17-9-3-10-18-23)24-19-11-4-12-20-24;1-10-4-6-11(2)8-9-12(3)7-5-10;3*1-2-3;/h2*1-20H;4-9H2,1-3H3;3*1H3;/q2*-1;;;;;+5. The van der Waals surface area contributed by atoms with Crippen LogP contribution < -0.4 is 43.7 Å². The fraction of sp³-hybridized carbons (Fsp3) is 0.190. The number of benzene rings is 8. The van der Waals surface area contributed by atoms with Crippen molar-refractivity contribution in [1.29, 1.82) is 15.8 Å². The van der Waals surface area contributed by atoms with Crippen molar-refractivity contribution in [3.8, 4) is 18.2 Å². The van der Waals surface area contributed by atoms with E-state index in [4.69, 9.17) is 15.8 Å². The number of hydrogen-bond acceptors (Lipinski definition) is 6. The predicted molar refractivity (Wildman–Crippen MR) is 306 cm³/mol. The molecule has 0 atom stereocenters. The van der Waals surface area contributed by atoms with Crippen LogP contribution in [0.3, 0.4) is 0 Å². The summed E-state index contributed by atoms with van der Waals surface area (Å²) in [6.07, 6.45) is -2.43. The molecule has 1 aliphatic rings. The smallest absolute Gasteiger partial charge is 0.304 e. The Bertz CT molecular complexity index is 2200. The molecule has 9 heteroatoms. The van der Waals surface area contributed by atoms with Crippen molar-refractivity contribution in [1.82, 2.24) is 14.7 Å². The molecule has 0 N–H and O–H groups in total. The molecule has 0 aliphatic carbocycles. The number of rotatable bonds is 8. The van der Waals surface area contributed by atoms with Gasteiger partial charge in [0.1, 0.15) is 12.3 Å². The zero-order valence-corrected chi connectivity index (χ0v) is 44.1. The van der Waals surface area contributed by atoms with Gasteiger partial charge in [-0.05, 0) is 21.1 Å². The van der Waals surface area contributed by atoms with Gasteiger partial charge < -0.3 is 14.7 Å². The number of nitriles is 3.